The lowest BCUT2D eigenvalue weighted by Crippen LogP contribution is -2.35. The van der Waals surface area contributed by atoms with Crippen molar-refractivity contribution in [1.82, 2.24) is 9.80 Å². The van der Waals surface area contributed by atoms with E-state index >= 15 is 0 Å². The maximum absolute atomic E-state index is 11.8. The Morgan fingerprint density at radius 2 is 1.90 bits per heavy atom. The van der Waals surface area contributed by atoms with Crippen molar-refractivity contribution in [2.24, 2.45) is 0 Å². The second-order valence-corrected chi connectivity index (χ2v) is 5.12. The van der Waals surface area contributed by atoms with Gasteiger partial charge in [0.05, 0.1) is 0 Å². The van der Waals surface area contributed by atoms with Gasteiger partial charge in [0.15, 0.2) is 0 Å². The number of hydrogen-bond acceptors (Lipinski definition) is 4. The molecule has 0 aromatic rings. The Hall–Kier alpha value is -2.05. The summed E-state index contributed by atoms with van der Waals surface area (Å²) in [4.78, 5) is 37.1. The normalized spacial score (nSPS) is 16.0. The van der Waals surface area contributed by atoms with Crippen LogP contribution in [0.25, 0.3) is 0 Å². The molecule has 7 nitrogen and oxygen atoms in total. The summed E-state index contributed by atoms with van der Waals surface area (Å²) in [5.41, 5.74) is 0. The molecule has 1 N–H and O–H groups in total. The number of amides is 2. The first-order chi connectivity index (χ1) is 9.91. The van der Waals surface area contributed by atoms with Crippen molar-refractivity contribution in [3.63, 3.8) is 0 Å². The highest BCUT2D eigenvalue weighted by Crippen LogP contribution is 2.12. The second kappa shape index (κ2) is 8.28. The Labute approximate surface area is 124 Å². The van der Waals surface area contributed by atoms with Crippen molar-refractivity contribution in [2.45, 2.75) is 31.8 Å². The zero-order valence-corrected chi connectivity index (χ0v) is 12.4. The van der Waals surface area contributed by atoms with Gasteiger partial charge in [-0.3, -0.25) is 4.79 Å². The van der Waals surface area contributed by atoms with Gasteiger partial charge in [-0.1, -0.05) is 6.08 Å². The van der Waals surface area contributed by atoms with Crippen LogP contribution in [0.2, 0.25) is 0 Å². The van der Waals surface area contributed by atoms with Crippen molar-refractivity contribution in [3.8, 4) is 0 Å². The van der Waals surface area contributed by atoms with Gasteiger partial charge >= 0.3 is 12.1 Å². The van der Waals surface area contributed by atoms with Crippen molar-refractivity contribution in [3.05, 3.63) is 12.2 Å². The number of aliphatic carboxylic acids is 1. The topological polar surface area (TPSA) is 87.2 Å². The molecule has 0 aliphatic carbocycles. The molecule has 1 unspecified atom stereocenters. The van der Waals surface area contributed by atoms with Crippen LogP contribution in [0.1, 0.15) is 25.7 Å². The molecule has 1 aliphatic heterocycles. The third-order valence-corrected chi connectivity index (χ3v) is 3.18. The van der Waals surface area contributed by atoms with Crippen molar-refractivity contribution in [1.29, 1.82) is 0 Å². The molecule has 2 amide bonds. The van der Waals surface area contributed by atoms with Crippen LogP contribution in [0.3, 0.4) is 0 Å². The average Bonchev–Trinajstić information content (AvgIpc) is 2.95. The second-order valence-electron chi connectivity index (χ2n) is 5.12. The zero-order valence-electron chi connectivity index (χ0n) is 12.4. The lowest BCUT2D eigenvalue weighted by molar-refractivity contribution is -0.147. The first-order valence-electron chi connectivity index (χ1n) is 6.98. The standard InChI is InChI=1S/C14H22N2O5/c1-15(2)12(17)8-4-3-7-11(13(18)19)21-14(20)16-9-5-6-10-16/h4,8,11H,3,5-7,9-10H2,1-2H3,(H,18,19)/b8-4+. The molecular weight excluding hydrogens is 276 g/mol. The van der Waals surface area contributed by atoms with Gasteiger partial charge in [0.25, 0.3) is 0 Å². The van der Waals surface area contributed by atoms with E-state index < -0.39 is 18.2 Å². The number of allylic oxidation sites excluding steroid dienone is 1. The molecule has 1 rings (SSSR count). The molecule has 21 heavy (non-hydrogen) atoms. The summed E-state index contributed by atoms with van der Waals surface area (Å²) in [7, 11) is 3.26. The highest BCUT2D eigenvalue weighted by Gasteiger charge is 2.26. The SMILES string of the molecule is CN(C)C(=O)/C=C/CCC(OC(=O)N1CCCC1)C(=O)O. The molecule has 0 aromatic carbocycles. The first kappa shape index (κ1) is 17.0. The fourth-order valence-corrected chi connectivity index (χ4v) is 1.91. The van der Waals surface area contributed by atoms with Gasteiger partial charge in [0, 0.05) is 27.2 Å². The number of rotatable bonds is 6. The van der Waals surface area contributed by atoms with E-state index in [1.165, 1.54) is 15.9 Å². The van der Waals surface area contributed by atoms with E-state index in [0.717, 1.165) is 12.8 Å². The number of carboxylic acids is 1. The number of ether oxygens (including phenoxy) is 1. The lowest BCUT2D eigenvalue weighted by atomic mass is 10.2. The van der Waals surface area contributed by atoms with Crippen LogP contribution >= 0.6 is 0 Å². The van der Waals surface area contributed by atoms with Gasteiger partial charge in [-0.15, -0.1) is 0 Å². The minimum absolute atomic E-state index is 0.145. The molecule has 1 heterocycles. The monoisotopic (exact) mass is 298 g/mol. The summed E-state index contributed by atoms with van der Waals surface area (Å²) >= 11 is 0. The van der Waals surface area contributed by atoms with E-state index in [9.17, 15) is 14.4 Å². The smallest absolute Gasteiger partial charge is 0.410 e. The van der Waals surface area contributed by atoms with E-state index in [4.69, 9.17) is 9.84 Å². The minimum Gasteiger partial charge on any atom is -0.479 e. The Balaban J connectivity index is 2.41. The van der Waals surface area contributed by atoms with Crippen LogP contribution in [0.5, 0.6) is 0 Å². The molecule has 118 valence electrons. The van der Waals surface area contributed by atoms with E-state index in [2.05, 4.69) is 0 Å². The van der Waals surface area contributed by atoms with Crippen LogP contribution in [-0.2, 0) is 14.3 Å². The predicted molar refractivity (Wildman–Crippen MR) is 75.8 cm³/mol. The molecular formula is C14H22N2O5. The molecule has 0 saturated carbocycles. The van der Waals surface area contributed by atoms with Gasteiger partial charge in [0.1, 0.15) is 0 Å². The fourth-order valence-electron chi connectivity index (χ4n) is 1.91. The van der Waals surface area contributed by atoms with Crippen LogP contribution in [-0.4, -0.2) is 66.2 Å². The predicted octanol–water partition coefficient (Wildman–Crippen LogP) is 1.10. The Bertz CT molecular complexity index is 414. The van der Waals surface area contributed by atoms with Gasteiger partial charge in [-0.05, 0) is 31.8 Å². The summed E-state index contributed by atoms with van der Waals surface area (Å²) in [6, 6.07) is 0. The molecule has 1 saturated heterocycles. The number of likely N-dealkylation sites (tertiary alicyclic amines) is 1. The zero-order chi connectivity index (χ0) is 15.8. The number of nitrogens with zero attached hydrogens (tertiary/aromatic N) is 2. The third-order valence-electron chi connectivity index (χ3n) is 3.18. The van der Waals surface area contributed by atoms with Crippen molar-refractivity contribution < 1.29 is 24.2 Å². The van der Waals surface area contributed by atoms with E-state index in [1.807, 2.05) is 0 Å². The highest BCUT2D eigenvalue weighted by atomic mass is 16.6. The van der Waals surface area contributed by atoms with Gasteiger partial charge in [0.2, 0.25) is 12.0 Å². The van der Waals surface area contributed by atoms with E-state index in [1.54, 1.807) is 20.2 Å². The molecule has 0 radical (unpaired) electrons. The Morgan fingerprint density at radius 1 is 1.29 bits per heavy atom. The molecule has 1 atom stereocenters. The summed E-state index contributed by atoms with van der Waals surface area (Å²) in [6.07, 6.45) is 3.54. The first-order valence-corrected chi connectivity index (χ1v) is 6.98. The maximum atomic E-state index is 11.8. The molecule has 7 heteroatoms. The van der Waals surface area contributed by atoms with E-state index in [-0.39, 0.29) is 12.3 Å². The number of carboxylic acid groups (broad SMARTS) is 1. The number of carbonyl (C=O) groups is 3. The highest BCUT2D eigenvalue weighted by molar-refractivity contribution is 5.87. The lowest BCUT2D eigenvalue weighted by Gasteiger charge is -2.19. The fraction of sp³-hybridized carbons (Fsp3) is 0.643. The largest absolute Gasteiger partial charge is 0.479 e. The summed E-state index contributed by atoms with van der Waals surface area (Å²) < 4.78 is 5.01. The molecule has 0 spiro atoms. The number of likely N-dealkylation sites (N-methyl/N-ethyl adjacent to an activating group) is 1. The summed E-state index contributed by atoms with van der Waals surface area (Å²) in [5, 5.41) is 9.07. The quantitative estimate of drug-likeness (QED) is 0.742. The molecule has 1 fully saturated rings. The van der Waals surface area contributed by atoms with Crippen molar-refractivity contribution >= 4 is 18.0 Å². The number of hydrogen-bond donors (Lipinski definition) is 1. The number of carbonyl (C=O) groups excluding carboxylic acids is 2. The van der Waals surface area contributed by atoms with Gasteiger partial charge in [-0.2, -0.15) is 0 Å². The molecule has 1 aliphatic rings. The van der Waals surface area contributed by atoms with E-state index in [0.29, 0.717) is 19.5 Å². The Morgan fingerprint density at radius 3 is 2.43 bits per heavy atom. The van der Waals surface area contributed by atoms with Crippen LogP contribution in [0.15, 0.2) is 12.2 Å². The van der Waals surface area contributed by atoms with Crippen LogP contribution in [0.4, 0.5) is 4.79 Å². The summed E-state index contributed by atoms with van der Waals surface area (Å²) in [5.74, 6) is -1.34. The maximum Gasteiger partial charge on any atom is 0.410 e. The van der Waals surface area contributed by atoms with Gasteiger partial charge < -0.3 is 19.6 Å². The van der Waals surface area contributed by atoms with Crippen LogP contribution < -0.4 is 0 Å². The summed E-state index contributed by atoms with van der Waals surface area (Å²) in [6.45, 7) is 1.23. The third kappa shape index (κ3) is 5.85. The van der Waals surface area contributed by atoms with Crippen LogP contribution in [0, 0.1) is 0 Å². The Kier molecular flexibility index (Phi) is 6.71. The van der Waals surface area contributed by atoms with Gasteiger partial charge in [-0.25, -0.2) is 9.59 Å². The molecule has 0 bridgehead atoms. The molecule has 0 aromatic heterocycles. The average molecular weight is 298 g/mol. The minimum atomic E-state index is -1.18. The van der Waals surface area contributed by atoms with Crippen molar-refractivity contribution in [2.75, 3.05) is 27.2 Å².